The highest BCUT2D eigenvalue weighted by Gasteiger charge is 2.12. The van der Waals surface area contributed by atoms with Crippen LogP contribution < -0.4 is 0 Å². The maximum atomic E-state index is 12.6. The smallest absolute Gasteiger partial charge is 0.104 e. The van der Waals surface area contributed by atoms with Crippen LogP contribution in [0, 0.1) is 10.4 Å². The van der Waals surface area contributed by atoms with Crippen molar-refractivity contribution in [2.45, 2.75) is 38.8 Å². The lowest BCUT2D eigenvalue weighted by atomic mass is 10.1. The van der Waals surface area contributed by atoms with Crippen LogP contribution in [0.2, 0.25) is 0 Å². The van der Waals surface area contributed by atoms with Crippen LogP contribution in [0.3, 0.4) is 0 Å². The molecule has 2 rings (SSSR count). The fraction of sp³-hybridized carbons (Fsp3) is 0.455. The summed E-state index contributed by atoms with van der Waals surface area (Å²) >= 11 is 0. The van der Waals surface area contributed by atoms with Crippen LogP contribution in [0.15, 0.2) is 60.7 Å². The van der Waals surface area contributed by atoms with Crippen LogP contribution in [0.4, 0.5) is 0 Å². The molecule has 2 unspecified atom stereocenters. The number of hydroxylamine groups is 6. The standard InChI is InChI=1S/C22H32N2O2/c1-23(25,19-21-13-7-5-8-14-21)17-11-3-4-12-18-24(2,26)20-22-15-9-6-10-16-22/h5-10,13-16H,3-4,11-12,17-20H2,1-2H3. The van der Waals surface area contributed by atoms with Crippen LogP contribution in [-0.2, 0) is 13.1 Å². The molecule has 0 spiro atoms. The Kier molecular flexibility index (Phi) is 7.79. The van der Waals surface area contributed by atoms with Gasteiger partial charge in [0.25, 0.3) is 0 Å². The first-order valence-corrected chi connectivity index (χ1v) is 9.55. The summed E-state index contributed by atoms with van der Waals surface area (Å²) in [5, 5.41) is 25.1. The molecule has 26 heavy (non-hydrogen) atoms. The highest BCUT2D eigenvalue weighted by Crippen LogP contribution is 2.15. The van der Waals surface area contributed by atoms with Crippen molar-refractivity contribution in [3.05, 3.63) is 82.2 Å². The Labute approximate surface area is 158 Å². The zero-order valence-electron chi connectivity index (χ0n) is 16.1. The van der Waals surface area contributed by atoms with Crippen LogP contribution >= 0.6 is 0 Å². The highest BCUT2D eigenvalue weighted by molar-refractivity contribution is 5.14. The van der Waals surface area contributed by atoms with E-state index in [4.69, 9.17) is 0 Å². The highest BCUT2D eigenvalue weighted by atomic mass is 16.5. The van der Waals surface area contributed by atoms with Gasteiger partial charge in [0, 0.05) is 11.1 Å². The molecule has 142 valence electrons. The molecule has 0 bridgehead atoms. The first kappa shape index (κ1) is 20.6. The van der Waals surface area contributed by atoms with Gasteiger partial charge in [0.05, 0.1) is 27.2 Å². The van der Waals surface area contributed by atoms with Crippen molar-refractivity contribution in [2.75, 3.05) is 27.2 Å². The van der Waals surface area contributed by atoms with E-state index in [9.17, 15) is 10.4 Å². The second-order valence-corrected chi connectivity index (χ2v) is 7.74. The van der Waals surface area contributed by atoms with Gasteiger partial charge in [0.15, 0.2) is 0 Å². The summed E-state index contributed by atoms with van der Waals surface area (Å²) in [4.78, 5) is 0. The fourth-order valence-corrected chi connectivity index (χ4v) is 3.34. The molecule has 0 aliphatic rings. The predicted molar refractivity (Wildman–Crippen MR) is 108 cm³/mol. The summed E-state index contributed by atoms with van der Waals surface area (Å²) < 4.78 is -0.458. The second-order valence-electron chi connectivity index (χ2n) is 7.74. The lowest BCUT2D eigenvalue weighted by molar-refractivity contribution is -0.875. The van der Waals surface area contributed by atoms with Crippen LogP contribution in [0.25, 0.3) is 0 Å². The molecule has 0 saturated heterocycles. The molecule has 0 saturated carbocycles. The second kappa shape index (κ2) is 9.83. The van der Waals surface area contributed by atoms with Crippen molar-refractivity contribution in [1.29, 1.82) is 0 Å². The summed E-state index contributed by atoms with van der Waals surface area (Å²) in [6, 6.07) is 19.9. The normalized spacial score (nSPS) is 16.0. The van der Waals surface area contributed by atoms with Gasteiger partial charge in [0.1, 0.15) is 13.1 Å². The molecule has 0 amide bonds. The zero-order valence-corrected chi connectivity index (χ0v) is 16.1. The van der Waals surface area contributed by atoms with Gasteiger partial charge >= 0.3 is 0 Å². The zero-order chi connectivity index (χ0) is 18.9. The van der Waals surface area contributed by atoms with Gasteiger partial charge in [-0.2, -0.15) is 0 Å². The molecule has 2 aromatic carbocycles. The monoisotopic (exact) mass is 356 g/mol. The molecule has 0 aliphatic carbocycles. The molecule has 0 aliphatic heterocycles. The van der Waals surface area contributed by atoms with E-state index in [-0.39, 0.29) is 9.29 Å². The van der Waals surface area contributed by atoms with Crippen molar-refractivity contribution in [2.24, 2.45) is 0 Å². The molecule has 0 aromatic heterocycles. The number of rotatable bonds is 11. The number of nitrogens with zero attached hydrogens (tertiary/aromatic N) is 2. The SMILES string of the molecule is C[N+]([O-])(CCCCCC[N+](C)([O-])Cc1ccccc1)Cc1ccccc1. The van der Waals surface area contributed by atoms with Gasteiger partial charge in [0.2, 0.25) is 0 Å². The van der Waals surface area contributed by atoms with Crippen molar-refractivity contribution in [1.82, 2.24) is 0 Å². The van der Waals surface area contributed by atoms with Crippen molar-refractivity contribution in [3.8, 4) is 0 Å². The topological polar surface area (TPSA) is 46.1 Å². The molecule has 0 N–H and O–H groups in total. The summed E-state index contributed by atoms with van der Waals surface area (Å²) in [5.74, 6) is 0. The molecule has 0 radical (unpaired) electrons. The number of hydrogen-bond donors (Lipinski definition) is 0. The first-order valence-electron chi connectivity index (χ1n) is 9.55. The minimum atomic E-state index is -0.229. The molecular formula is C22H32N2O2. The van der Waals surface area contributed by atoms with Crippen molar-refractivity contribution >= 4 is 0 Å². The summed E-state index contributed by atoms with van der Waals surface area (Å²) in [7, 11) is 3.50. The van der Waals surface area contributed by atoms with Crippen LogP contribution in [0.1, 0.15) is 36.8 Å². The van der Waals surface area contributed by atoms with E-state index in [2.05, 4.69) is 0 Å². The Balaban J connectivity index is 1.61. The molecule has 0 fully saturated rings. The van der Waals surface area contributed by atoms with E-state index in [0.717, 1.165) is 36.8 Å². The molecule has 0 heterocycles. The molecule has 4 nitrogen and oxygen atoms in total. The van der Waals surface area contributed by atoms with E-state index >= 15 is 0 Å². The molecule has 2 aromatic rings. The number of unbranched alkanes of at least 4 members (excludes halogenated alkanes) is 3. The number of benzene rings is 2. The number of hydrogen-bond acceptors (Lipinski definition) is 2. The van der Waals surface area contributed by atoms with E-state index in [1.54, 1.807) is 14.1 Å². The largest absolute Gasteiger partial charge is 0.633 e. The van der Waals surface area contributed by atoms with Gasteiger partial charge in [-0.3, -0.25) is 0 Å². The summed E-state index contributed by atoms with van der Waals surface area (Å²) in [5.41, 5.74) is 2.18. The Bertz CT molecular complexity index is 570. The van der Waals surface area contributed by atoms with E-state index < -0.39 is 0 Å². The van der Waals surface area contributed by atoms with E-state index in [1.807, 2.05) is 60.7 Å². The minimum absolute atomic E-state index is 0.229. The average Bonchev–Trinajstić information content (AvgIpc) is 2.59. The third-order valence-corrected chi connectivity index (χ3v) is 4.73. The molecule has 4 heteroatoms. The maximum absolute atomic E-state index is 12.6. The third kappa shape index (κ3) is 8.11. The summed E-state index contributed by atoms with van der Waals surface area (Å²) in [6.45, 7) is 2.30. The van der Waals surface area contributed by atoms with E-state index in [0.29, 0.717) is 26.2 Å². The molecular weight excluding hydrogens is 324 g/mol. The quantitative estimate of drug-likeness (QED) is 0.329. The average molecular weight is 357 g/mol. The number of quaternary nitrogens is 2. The third-order valence-electron chi connectivity index (χ3n) is 4.73. The van der Waals surface area contributed by atoms with Gasteiger partial charge in [-0.1, -0.05) is 60.7 Å². The fourth-order valence-electron chi connectivity index (χ4n) is 3.34. The van der Waals surface area contributed by atoms with Gasteiger partial charge in [-0.25, -0.2) is 0 Å². The lowest BCUT2D eigenvalue weighted by Gasteiger charge is -2.39. The predicted octanol–water partition coefficient (Wildman–Crippen LogP) is 4.84. The maximum Gasteiger partial charge on any atom is 0.104 e. The Morgan fingerprint density at radius 1 is 0.577 bits per heavy atom. The Morgan fingerprint density at radius 2 is 0.923 bits per heavy atom. The summed E-state index contributed by atoms with van der Waals surface area (Å²) in [6.07, 6.45) is 3.84. The van der Waals surface area contributed by atoms with Gasteiger partial charge in [-0.15, -0.1) is 0 Å². The molecule has 2 atom stereocenters. The van der Waals surface area contributed by atoms with Gasteiger partial charge in [-0.05, 0) is 25.7 Å². The van der Waals surface area contributed by atoms with Gasteiger partial charge < -0.3 is 19.7 Å². The minimum Gasteiger partial charge on any atom is -0.633 e. The Hall–Kier alpha value is -1.72. The van der Waals surface area contributed by atoms with Crippen LogP contribution in [-0.4, -0.2) is 36.5 Å². The van der Waals surface area contributed by atoms with Crippen molar-refractivity contribution in [3.63, 3.8) is 0 Å². The van der Waals surface area contributed by atoms with E-state index in [1.165, 1.54) is 0 Å². The van der Waals surface area contributed by atoms with Crippen molar-refractivity contribution < 1.29 is 9.29 Å². The first-order chi connectivity index (χ1) is 12.4. The Morgan fingerprint density at radius 3 is 1.27 bits per heavy atom. The lowest BCUT2D eigenvalue weighted by Crippen LogP contribution is -2.38. The van der Waals surface area contributed by atoms with Crippen LogP contribution in [0.5, 0.6) is 0 Å².